The van der Waals surface area contributed by atoms with Crippen LogP contribution in [0.3, 0.4) is 0 Å². The Kier molecular flexibility index (Phi) is 4.57. The van der Waals surface area contributed by atoms with Crippen LogP contribution in [0, 0.1) is 10.1 Å². The SMILES string of the molecule is CCCCCOc1ccc(N)cc1[N+](=O)[O-]. The van der Waals surface area contributed by atoms with Crippen molar-refractivity contribution in [3.05, 3.63) is 28.3 Å². The van der Waals surface area contributed by atoms with E-state index in [4.69, 9.17) is 10.5 Å². The first-order valence-corrected chi connectivity index (χ1v) is 5.32. The molecular formula is C11H16N2O3. The number of ether oxygens (including phenoxy) is 1. The van der Waals surface area contributed by atoms with Crippen LogP contribution in [0.5, 0.6) is 5.75 Å². The number of nitrogen functional groups attached to an aromatic ring is 1. The van der Waals surface area contributed by atoms with Gasteiger partial charge in [0.05, 0.1) is 11.5 Å². The molecule has 0 aromatic heterocycles. The molecule has 88 valence electrons. The van der Waals surface area contributed by atoms with Gasteiger partial charge in [0, 0.05) is 11.8 Å². The van der Waals surface area contributed by atoms with Gasteiger partial charge < -0.3 is 10.5 Å². The van der Waals surface area contributed by atoms with Crippen molar-refractivity contribution in [3.63, 3.8) is 0 Å². The van der Waals surface area contributed by atoms with Gasteiger partial charge in [-0.25, -0.2) is 0 Å². The van der Waals surface area contributed by atoms with E-state index in [1.54, 1.807) is 12.1 Å². The van der Waals surface area contributed by atoms with Crippen molar-refractivity contribution in [1.29, 1.82) is 0 Å². The number of hydrogen-bond acceptors (Lipinski definition) is 4. The summed E-state index contributed by atoms with van der Waals surface area (Å²) >= 11 is 0. The number of nitro groups is 1. The lowest BCUT2D eigenvalue weighted by Gasteiger charge is -2.06. The number of unbranched alkanes of at least 4 members (excludes halogenated alkanes) is 2. The molecule has 0 saturated carbocycles. The Balaban J connectivity index is 2.67. The molecule has 0 aliphatic carbocycles. The van der Waals surface area contributed by atoms with Gasteiger partial charge >= 0.3 is 5.69 Å². The maximum atomic E-state index is 10.7. The lowest BCUT2D eigenvalue weighted by molar-refractivity contribution is -0.385. The monoisotopic (exact) mass is 224 g/mol. The quantitative estimate of drug-likeness (QED) is 0.349. The molecule has 0 fully saturated rings. The third-order valence-corrected chi connectivity index (χ3v) is 2.19. The second-order valence-electron chi connectivity index (χ2n) is 3.54. The summed E-state index contributed by atoms with van der Waals surface area (Å²) in [6, 6.07) is 4.46. The van der Waals surface area contributed by atoms with E-state index in [2.05, 4.69) is 6.92 Å². The average Bonchev–Trinajstić information content (AvgIpc) is 2.26. The molecule has 5 nitrogen and oxygen atoms in total. The molecule has 0 radical (unpaired) electrons. The lowest BCUT2D eigenvalue weighted by Crippen LogP contribution is -2.01. The highest BCUT2D eigenvalue weighted by molar-refractivity contribution is 5.56. The second-order valence-corrected chi connectivity index (χ2v) is 3.54. The van der Waals surface area contributed by atoms with Crippen molar-refractivity contribution in [3.8, 4) is 5.75 Å². The van der Waals surface area contributed by atoms with Crippen LogP contribution in [0.25, 0.3) is 0 Å². The van der Waals surface area contributed by atoms with Gasteiger partial charge in [0.15, 0.2) is 5.75 Å². The highest BCUT2D eigenvalue weighted by atomic mass is 16.6. The summed E-state index contributed by atoms with van der Waals surface area (Å²) in [5, 5.41) is 10.7. The summed E-state index contributed by atoms with van der Waals surface area (Å²) in [6.45, 7) is 2.59. The minimum atomic E-state index is -0.481. The van der Waals surface area contributed by atoms with Crippen LogP contribution < -0.4 is 10.5 Å². The van der Waals surface area contributed by atoms with Gasteiger partial charge in [-0.3, -0.25) is 10.1 Å². The molecule has 0 unspecified atom stereocenters. The Hall–Kier alpha value is -1.78. The number of benzene rings is 1. The fourth-order valence-electron chi connectivity index (χ4n) is 1.33. The minimum Gasteiger partial charge on any atom is -0.487 e. The molecule has 1 aromatic rings. The Morgan fingerprint density at radius 3 is 2.81 bits per heavy atom. The molecule has 0 spiro atoms. The van der Waals surface area contributed by atoms with Crippen LogP contribution in [-0.2, 0) is 0 Å². The number of rotatable bonds is 6. The zero-order chi connectivity index (χ0) is 12.0. The summed E-state index contributed by atoms with van der Waals surface area (Å²) in [6.07, 6.45) is 3.05. The van der Waals surface area contributed by atoms with E-state index < -0.39 is 4.92 Å². The van der Waals surface area contributed by atoms with E-state index in [-0.39, 0.29) is 11.4 Å². The van der Waals surface area contributed by atoms with E-state index in [1.165, 1.54) is 6.07 Å². The number of nitrogens with zero attached hydrogens (tertiary/aromatic N) is 1. The average molecular weight is 224 g/mol. The van der Waals surface area contributed by atoms with Crippen molar-refractivity contribution in [2.45, 2.75) is 26.2 Å². The van der Waals surface area contributed by atoms with Crippen LogP contribution in [0.1, 0.15) is 26.2 Å². The summed E-state index contributed by atoms with van der Waals surface area (Å²) < 4.78 is 5.36. The third-order valence-electron chi connectivity index (χ3n) is 2.19. The highest BCUT2D eigenvalue weighted by Crippen LogP contribution is 2.28. The molecule has 0 amide bonds. The third kappa shape index (κ3) is 3.42. The molecule has 16 heavy (non-hydrogen) atoms. The number of nitrogens with two attached hydrogens (primary N) is 1. The van der Waals surface area contributed by atoms with Crippen LogP contribution in [0.15, 0.2) is 18.2 Å². The molecule has 0 heterocycles. The first kappa shape index (κ1) is 12.3. The Morgan fingerprint density at radius 2 is 2.19 bits per heavy atom. The molecule has 0 aliphatic rings. The van der Waals surface area contributed by atoms with Crippen molar-refractivity contribution < 1.29 is 9.66 Å². The molecule has 2 N–H and O–H groups in total. The Morgan fingerprint density at radius 1 is 1.44 bits per heavy atom. The minimum absolute atomic E-state index is 0.0727. The zero-order valence-corrected chi connectivity index (χ0v) is 9.31. The number of anilines is 1. The molecule has 0 aliphatic heterocycles. The smallest absolute Gasteiger partial charge is 0.312 e. The summed E-state index contributed by atoms with van der Waals surface area (Å²) in [4.78, 5) is 10.3. The van der Waals surface area contributed by atoms with Gasteiger partial charge in [-0.1, -0.05) is 19.8 Å². The predicted octanol–water partition coefficient (Wildman–Crippen LogP) is 2.75. The normalized spacial score (nSPS) is 10.1. The lowest BCUT2D eigenvalue weighted by atomic mass is 10.2. The van der Waals surface area contributed by atoms with Gasteiger partial charge in [-0.05, 0) is 18.6 Å². The van der Waals surface area contributed by atoms with Gasteiger partial charge in [0.1, 0.15) is 0 Å². The fraction of sp³-hybridized carbons (Fsp3) is 0.455. The maximum absolute atomic E-state index is 10.7. The van der Waals surface area contributed by atoms with E-state index in [1.807, 2.05) is 0 Å². The van der Waals surface area contributed by atoms with Crippen molar-refractivity contribution in [2.75, 3.05) is 12.3 Å². The summed E-state index contributed by atoms with van der Waals surface area (Å²) in [5.41, 5.74) is 5.78. The van der Waals surface area contributed by atoms with Gasteiger partial charge in [0.25, 0.3) is 0 Å². The number of hydrogen-bond donors (Lipinski definition) is 1. The highest BCUT2D eigenvalue weighted by Gasteiger charge is 2.14. The maximum Gasteiger partial charge on any atom is 0.312 e. The van der Waals surface area contributed by atoms with Crippen LogP contribution >= 0.6 is 0 Å². The molecule has 1 aromatic carbocycles. The van der Waals surface area contributed by atoms with E-state index in [0.717, 1.165) is 19.3 Å². The van der Waals surface area contributed by atoms with Crippen molar-refractivity contribution in [2.24, 2.45) is 0 Å². The molecule has 0 saturated heterocycles. The van der Waals surface area contributed by atoms with E-state index in [0.29, 0.717) is 12.3 Å². The summed E-state index contributed by atoms with van der Waals surface area (Å²) in [7, 11) is 0. The van der Waals surface area contributed by atoms with Gasteiger partial charge in [0.2, 0.25) is 0 Å². The predicted molar refractivity (Wildman–Crippen MR) is 62.5 cm³/mol. The van der Waals surface area contributed by atoms with Gasteiger partial charge in [-0.15, -0.1) is 0 Å². The molecular weight excluding hydrogens is 208 g/mol. The van der Waals surface area contributed by atoms with Crippen molar-refractivity contribution in [1.82, 2.24) is 0 Å². The van der Waals surface area contributed by atoms with Crippen LogP contribution in [0.4, 0.5) is 11.4 Å². The van der Waals surface area contributed by atoms with Crippen molar-refractivity contribution >= 4 is 11.4 Å². The molecule has 0 atom stereocenters. The fourth-order valence-corrected chi connectivity index (χ4v) is 1.33. The van der Waals surface area contributed by atoms with E-state index in [9.17, 15) is 10.1 Å². The van der Waals surface area contributed by atoms with Gasteiger partial charge in [-0.2, -0.15) is 0 Å². The molecule has 1 rings (SSSR count). The summed E-state index contributed by atoms with van der Waals surface area (Å²) in [5.74, 6) is 0.287. The first-order valence-electron chi connectivity index (χ1n) is 5.32. The Bertz CT molecular complexity index is 366. The van der Waals surface area contributed by atoms with E-state index >= 15 is 0 Å². The number of nitro benzene ring substituents is 1. The van der Waals surface area contributed by atoms with Crippen LogP contribution in [0.2, 0.25) is 0 Å². The van der Waals surface area contributed by atoms with Crippen LogP contribution in [-0.4, -0.2) is 11.5 Å². The zero-order valence-electron chi connectivity index (χ0n) is 9.31. The largest absolute Gasteiger partial charge is 0.487 e. The second kappa shape index (κ2) is 5.95. The molecule has 0 bridgehead atoms. The standard InChI is InChI=1S/C11H16N2O3/c1-2-3-4-7-16-11-6-5-9(12)8-10(11)13(14)15/h5-6,8H,2-4,7,12H2,1H3. The molecule has 5 heteroatoms. The topological polar surface area (TPSA) is 78.4 Å². The Labute approximate surface area is 94.4 Å². The first-order chi connectivity index (χ1) is 7.65.